The summed E-state index contributed by atoms with van der Waals surface area (Å²) in [6, 6.07) is 22.3. The third kappa shape index (κ3) is 8.41. The third-order valence-electron chi connectivity index (χ3n) is 7.00. The zero-order chi connectivity index (χ0) is 29.1. The number of carbonyl (C=O) groups is 3. The first-order chi connectivity index (χ1) is 19.2. The van der Waals surface area contributed by atoms with E-state index in [9.17, 15) is 24.6 Å². The molecule has 0 aliphatic carbocycles. The Labute approximate surface area is 236 Å². The summed E-state index contributed by atoms with van der Waals surface area (Å²) < 4.78 is 0. The van der Waals surface area contributed by atoms with Crippen LogP contribution in [0.3, 0.4) is 0 Å². The van der Waals surface area contributed by atoms with Crippen LogP contribution in [0.1, 0.15) is 47.3 Å². The van der Waals surface area contributed by atoms with Crippen molar-refractivity contribution in [1.82, 2.24) is 15.5 Å². The van der Waals surface area contributed by atoms with Crippen molar-refractivity contribution in [1.29, 1.82) is 0 Å². The fourth-order valence-electron chi connectivity index (χ4n) is 4.75. The van der Waals surface area contributed by atoms with Gasteiger partial charge in [-0.2, -0.15) is 0 Å². The minimum Gasteiger partial charge on any atom is -0.508 e. The number of nitrogens with one attached hydrogen (secondary N) is 2. The SMILES string of the molecule is CCNC(=O)C(Cc1ccccc1)N(CCC(O)C(Cc1ccccc1)NC(=O)c1cccc(O)c1C)C(C)=O. The first kappa shape index (κ1) is 30.4. The van der Waals surface area contributed by atoms with E-state index in [4.69, 9.17) is 0 Å². The zero-order valence-corrected chi connectivity index (χ0v) is 23.3. The van der Waals surface area contributed by atoms with Crippen LogP contribution >= 0.6 is 0 Å². The van der Waals surface area contributed by atoms with Crippen LogP contribution in [0.4, 0.5) is 0 Å². The number of aromatic hydroxyl groups is 1. The number of benzene rings is 3. The van der Waals surface area contributed by atoms with E-state index in [0.717, 1.165) is 11.1 Å². The lowest BCUT2D eigenvalue weighted by Crippen LogP contribution is -2.52. The predicted molar refractivity (Wildman–Crippen MR) is 155 cm³/mol. The molecule has 8 heteroatoms. The van der Waals surface area contributed by atoms with Gasteiger partial charge in [-0.25, -0.2) is 0 Å². The number of rotatable bonds is 13. The highest BCUT2D eigenvalue weighted by Gasteiger charge is 2.30. The normalized spacial score (nSPS) is 13.1. The number of nitrogens with zero attached hydrogens (tertiary/aromatic N) is 1. The van der Waals surface area contributed by atoms with Crippen LogP contribution in [0.15, 0.2) is 78.9 Å². The first-order valence-electron chi connectivity index (χ1n) is 13.6. The Hall–Kier alpha value is -4.17. The number of aliphatic hydroxyl groups is 1. The largest absolute Gasteiger partial charge is 0.508 e. The number of carbonyl (C=O) groups excluding carboxylic acids is 3. The maximum Gasteiger partial charge on any atom is 0.252 e. The van der Waals surface area contributed by atoms with Crippen molar-refractivity contribution >= 4 is 17.7 Å². The van der Waals surface area contributed by atoms with Crippen molar-refractivity contribution in [2.45, 2.75) is 58.2 Å². The molecule has 0 aliphatic rings. The van der Waals surface area contributed by atoms with E-state index in [1.54, 1.807) is 19.1 Å². The molecule has 8 nitrogen and oxygen atoms in total. The number of aliphatic hydroxyl groups excluding tert-OH is 1. The number of hydrogen-bond donors (Lipinski definition) is 4. The van der Waals surface area contributed by atoms with Gasteiger partial charge in [0, 0.05) is 37.6 Å². The molecule has 212 valence electrons. The summed E-state index contributed by atoms with van der Waals surface area (Å²) in [5.41, 5.74) is 2.60. The fraction of sp³-hybridized carbons (Fsp3) is 0.344. The number of amides is 3. The Kier molecular flexibility index (Phi) is 11.3. The molecule has 3 amide bonds. The molecule has 0 heterocycles. The highest BCUT2D eigenvalue weighted by atomic mass is 16.3. The third-order valence-corrected chi connectivity index (χ3v) is 7.00. The van der Waals surface area contributed by atoms with Crippen LogP contribution in [-0.4, -0.2) is 64.1 Å². The van der Waals surface area contributed by atoms with Crippen molar-refractivity contribution in [3.8, 4) is 5.75 Å². The van der Waals surface area contributed by atoms with Crippen molar-refractivity contribution in [2.24, 2.45) is 0 Å². The van der Waals surface area contributed by atoms with Crippen LogP contribution in [0.25, 0.3) is 0 Å². The Morgan fingerprint density at radius 1 is 0.875 bits per heavy atom. The molecule has 0 aliphatic heterocycles. The summed E-state index contributed by atoms with van der Waals surface area (Å²) in [4.78, 5) is 40.5. The second-order valence-corrected chi connectivity index (χ2v) is 9.89. The molecule has 0 fully saturated rings. The Balaban J connectivity index is 1.81. The van der Waals surface area contributed by atoms with Crippen molar-refractivity contribution in [2.75, 3.05) is 13.1 Å². The molecule has 0 aromatic heterocycles. The summed E-state index contributed by atoms with van der Waals surface area (Å²) in [5.74, 6) is -0.941. The van der Waals surface area contributed by atoms with E-state index in [0.29, 0.717) is 30.5 Å². The monoisotopic (exact) mass is 545 g/mol. The number of phenolic OH excluding ortho intramolecular Hbond substituents is 1. The Morgan fingerprint density at radius 3 is 2.05 bits per heavy atom. The van der Waals surface area contributed by atoms with E-state index in [1.807, 2.05) is 67.6 Å². The van der Waals surface area contributed by atoms with Gasteiger partial charge in [0.25, 0.3) is 5.91 Å². The lowest BCUT2D eigenvalue weighted by molar-refractivity contribution is -0.139. The number of phenols is 1. The molecule has 0 radical (unpaired) electrons. The summed E-state index contributed by atoms with van der Waals surface area (Å²) in [5, 5.41) is 27.2. The predicted octanol–water partition coefficient (Wildman–Crippen LogP) is 3.39. The minimum atomic E-state index is -1.02. The van der Waals surface area contributed by atoms with Crippen LogP contribution in [-0.2, 0) is 22.4 Å². The Morgan fingerprint density at radius 2 is 1.48 bits per heavy atom. The van der Waals surface area contributed by atoms with Gasteiger partial charge in [-0.05, 0) is 49.9 Å². The molecule has 40 heavy (non-hydrogen) atoms. The van der Waals surface area contributed by atoms with Gasteiger partial charge in [0.15, 0.2) is 0 Å². The second kappa shape index (κ2) is 14.8. The standard InChI is InChI=1S/C32H39N3O5/c1-4-33-32(40)28(21-25-14-9-6-10-15-25)35(23(3)36)19-18-30(38)27(20-24-12-7-5-8-13-24)34-31(39)26-16-11-17-29(37)22(26)2/h5-17,27-28,30,37-38H,4,18-21H2,1-3H3,(H,33,40)(H,34,39). The van der Waals surface area contributed by atoms with Gasteiger partial charge in [0.1, 0.15) is 11.8 Å². The van der Waals surface area contributed by atoms with Crippen LogP contribution in [0, 0.1) is 6.92 Å². The first-order valence-corrected chi connectivity index (χ1v) is 13.6. The van der Waals surface area contributed by atoms with E-state index in [2.05, 4.69) is 10.6 Å². The van der Waals surface area contributed by atoms with Gasteiger partial charge in [-0.1, -0.05) is 66.7 Å². The van der Waals surface area contributed by atoms with Gasteiger partial charge in [-0.15, -0.1) is 0 Å². The molecule has 0 saturated carbocycles. The molecular weight excluding hydrogens is 506 g/mol. The van der Waals surface area contributed by atoms with E-state index >= 15 is 0 Å². The smallest absolute Gasteiger partial charge is 0.252 e. The molecule has 3 rings (SSSR count). The topological polar surface area (TPSA) is 119 Å². The Bertz CT molecular complexity index is 1270. The average Bonchev–Trinajstić information content (AvgIpc) is 2.94. The fourth-order valence-corrected chi connectivity index (χ4v) is 4.75. The molecule has 0 bridgehead atoms. The van der Waals surface area contributed by atoms with Crippen LogP contribution in [0.5, 0.6) is 5.75 Å². The average molecular weight is 546 g/mol. The van der Waals surface area contributed by atoms with E-state index in [1.165, 1.54) is 17.9 Å². The van der Waals surface area contributed by atoms with Crippen LogP contribution < -0.4 is 10.6 Å². The van der Waals surface area contributed by atoms with Crippen LogP contribution in [0.2, 0.25) is 0 Å². The molecule has 4 N–H and O–H groups in total. The van der Waals surface area contributed by atoms with Gasteiger partial charge >= 0.3 is 0 Å². The molecule has 3 aromatic rings. The molecule has 3 aromatic carbocycles. The molecule has 0 saturated heterocycles. The second-order valence-electron chi connectivity index (χ2n) is 9.89. The maximum atomic E-state index is 13.2. The van der Waals surface area contributed by atoms with Gasteiger partial charge < -0.3 is 25.7 Å². The van der Waals surface area contributed by atoms with Gasteiger partial charge in [0.2, 0.25) is 11.8 Å². The highest BCUT2D eigenvalue weighted by molar-refractivity contribution is 5.96. The van der Waals surface area contributed by atoms with Gasteiger partial charge in [-0.3, -0.25) is 14.4 Å². The number of likely N-dealkylation sites (N-methyl/N-ethyl adjacent to an activating group) is 1. The quantitative estimate of drug-likeness (QED) is 0.263. The maximum absolute atomic E-state index is 13.2. The van der Waals surface area contributed by atoms with Crippen molar-refractivity contribution in [3.05, 3.63) is 101 Å². The van der Waals surface area contributed by atoms with Crippen molar-refractivity contribution < 1.29 is 24.6 Å². The lowest BCUT2D eigenvalue weighted by Gasteiger charge is -2.32. The minimum absolute atomic E-state index is 0.0136. The summed E-state index contributed by atoms with van der Waals surface area (Å²) >= 11 is 0. The van der Waals surface area contributed by atoms with Gasteiger partial charge in [0.05, 0.1) is 12.1 Å². The summed E-state index contributed by atoms with van der Waals surface area (Å²) in [7, 11) is 0. The number of hydrogen-bond acceptors (Lipinski definition) is 5. The molecular formula is C32H39N3O5. The molecule has 0 spiro atoms. The zero-order valence-electron chi connectivity index (χ0n) is 23.3. The summed E-state index contributed by atoms with van der Waals surface area (Å²) in [6.07, 6.45) is -0.185. The molecule has 3 atom stereocenters. The van der Waals surface area contributed by atoms with E-state index < -0.39 is 24.1 Å². The van der Waals surface area contributed by atoms with Crippen molar-refractivity contribution in [3.63, 3.8) is 0 Å². The lowest BCUT2D eigenvalue weighted by atomic mass is 9.97. The molecule has 3 unspecified atom stereocenters. The summed E-state index contributed by atoms with van der Waals surface area (Å²) in [6.45, 7) is 5.45. The van der Waals surface area contributed by atoms with E-state index in [-0.39, 0.29) is 30.5 Å². The highest BCUT2D eigenvalue weighted by Crippen LogP contribution is 2.20.